The maximum atomic E-state index is 12.1. The van der Waals surface area contributed by atoms with Crippen LogP contribution in [0.4, 0.5) is 19.2 Å². The lowest BCUT2D eigenvalue weighted by molar-refractivity contribution is -0.0959. The van der Waals surface area contributed by atoms with Gasteiger partial charge in [0.25, 0.3) is 5.91 Å². The summed E-state index contributed by atoms with van der Waals surface area (Å²) in [5.74, 6) is -1.67. The number of carboxylic acids is 1. The van der Waals surface area contributed by atoms with E-state index >= 15 is 0 Å². The van der Waals surface area contributed by atoms with Crippen molar-refractivity contribution in [2.75, 3.05) is 13.2 Å². The van der Waals surface area contributed by atoms with Gasteiger partial charge in [0.05, 0.1) is 39.3 Å². The molecule has 5 amide bonds. The lowest BCUT2D eigenvalue weighted by Crippen LogP contribution is -2.58. The minimum absolute atomic E-state index is 0.00872. The van der Waals surface area contributed by atoms with E-state index in [1.165, 1.54) is 22.7 Å². The maximum Gasteiger partial charge on any atom is 0.407 e. The van der Waals surface area contributed by atoms with Gasteiger partial charge >= 0.3 is 42.3 Å². The molecule has 35 heteroatoms. The molecule has 0 saturated heterocycles. The number of carboxylic acid groups (broad SMARTS) is 1. The molecule has 4 aromatic heterocycles. The fourth-order valence-corrected chi connectivity index (χ4v) is 19.5. The number of benzene rings is 4. The van der Waals surface area contributed by atoms with Crippen molar-refractivity contribution in [1.29, 1.82) is 0 Å². The Bertz CT molecular complexity index is 4670. The van der Waals surface area contributed by atoms with Crippen LogP contribution in [0.15, 0.2) is 121 Å². The van der Waals surface area contributed by atoms with Gasteiger partial charge in [-0.1, -0.05) is 141 Å². The van der Waals surface area contributed by atoms with Crippen molar-refractivity contribution in [1.82, 2.24) is 41.2 Å². The lowest BCUT2D eigenvalue weighted by atomic mass is 9.53. The van der Waals surface area contributed by atoms with Gasteiger partial charge in [-0.05, 0) is 188 Å². The average molecular weight is 1880 g/mol. The Balaban J connectivity index is 0.000000150. The Labute approximate surface area is 739 Å². The number of halogens is 1. The monoisotopic (exact) mass is 1880 g/mol. The molecule has 16 rings (SSSR count). The molecule has 0 radical (unpaired) electrons. The number of hydrogen-bond donors (Lipinski definition) is 8. The number of aliphatic hydroxyl groups excluding tert-OH is 1. The van der Waals surface area contributed by atoms with E-state index in [2.05, 4.69) is 82.6 Å². The third-order valence-corrected chi connectivity index (χ3v) is 25.7. The van der Waals surface area contributed by atoms with Crippen LogP contribution in [0, 0.1) is 49.4 Å². The lowest BCUT2D eigenvalue weighted by Gasteiger charge is -2.56. The molecule has 0 aliphatic heterocycles. The normalized spacial score (nSPS) is 24.2. The Morgan fingerprint density at radius 1 is 0.410 bits per heavy atom. The number of aromatic carboxylic acids is 1. The van der Waals surface area contributed by atoms with Crippen LogP contribution in [-0.2, 0) is 54.8 Å². The molecule has 0 bridgehead atoms. The van der Waals surface area contributed by atoms with Crippen LogP contribution >= 0.6 is 67.1 Å². The molecule has 0 unspecified atom stereocenters. The second-order valence-electron chi connectivity index (χ2n) is 33.4. The summed E-state index contributed by atoms with van der Waals surface area (Å²) < 4.78 is 48.4. The van der Waals surface area contributed by atoms with Gasteiger partial charge in [0.15, 0.2) is 19.5 Å². The summed E-state index contributed by atoms with van der Waals surface area (Å²) in [5.41, 5.74) is 9.57. The highest BCUT2D eigenvalue weighted by Crippen LogP contribution is 2.60. The van der Waals surface area contributed by atoms with E-state index in [0.717, 1.165) is 158 Å². The highest BCUT2D eigenvalue weighted by Gasteiger charge is 2.58. The van der Waals surface area contributed by atoms with Crippen LogP contribution in [0.3, 0.4) is 0 Å². The summed E-state index contributed by atoms with van der Waals surface area (Å²) in [6.45, 7) is 19.3. The molecular weight excluding hydrogens is 1770 g/mol. The van der Waals surface area contributed by atoms with Gasteiger partial charge in [0.2, 0.25) is 23.5 Å². The number of nitrogens with zero attached hydrogens (tertiary/aromatic N) is 4. The number of rotatable bonds is 24. The number of aromatic hydroxyl groups is 1. The fourth-order valence-electron chi connectivity index (χ4n) is 16.6. The SMILES string of the molecule is CCOC(=O)c1sc(C)nc1O.CCOC(=O)c1sc(C)nc1OC1CC2(CC(NC(=O)OCc3ccccc3)C2)C1.C[Si](C)(C)I.Cc1nc(OC2CC3(CC(NC(=O)OCc4ccccc4)C3)C2)c(C(=O)O)s1.Cc1nc(OC2CC3(CC(NC(=O)OCc4ccccc4)C3)C2)c(C(N)=O)s1.O=C(NC1CC2(CC(O)C2)C1)OCc1ccccc1. The Morgan fingerprint density at radius 3 is 0.934 bits per heavy atom. The van der Waals surface area contributed by atoms with Crippen LogP contribution < -0.4 is 41.2 Å². The molecule has 4 spiro atoms. The average Bonchev–Trinajstić information content (AvgIpc) is 1.02. The van der Waals surface area contributed by atoms with Gasteiger partial charge in [-0.15, -0.1) is 67.1 Å². The number of nitrogens with one attached hydrogen (secondary N) is 4. The molecule has 8 saturated carbocycles. The number of nitrogens with two attached hydrogens (primary N) is 1. The second kappa shape index (κ2) is 42.2. The van der Waals surface area contributed by atoms with E-state index in [-0.39, 0.29) is 137 Å². The molecule has 8 aliphatic carbocycles. The molecule has 0 atom stereocenters. The summed E-state index contributed by atoms with van der Waals surface area (Å²) >= 11 is 7.33. The van der Waals surface area contributed by atoms with E-state index < -0.39 is 23.4 Å². The first-order valence-corrected chi connectivity index (χ1v) is 50.7. The fraction of sp³-hybridized carbons (Fsp3) is 0.494. The van der Waals surface area contributed by atoms with E-state index in [1.807, 2.05) is 135 Å². The zero-order chi connectivity index (χ0) is 87.5. The van der Waals surface area contributed by atoms with Crippen LogP contribution in [-0.4, -0.2) is 151 Å². The second-order valence-corrected chi connectivity index (χ2v) is 52.1. The number of ether oxygens (including phenoxy) is 9. The number of alkyl carbamates (subject to hydrolysis) is 4. The number of thiazole rings is 4. The Kier molecular flexibility index (Phi) is 32.3. The van der Waals surface area contributed by atoms with Gasteiger partial charge in [0.1, 0.15) is 50.3 Å². The molecule has 9 N–H and O–H groups in total. The molecule has 8 fully saturated rings. The van der Waals surface area contributed by atoms with Crippen molar-refractivity contribution in [2.24, 2.45) is 27.4 Å². The summed E-state index contributed by atoms with van der Waals surface area (Å²) in [6, 6.07) is 39.1. The number of hydrogen-bond acceptors (Lipinski definition) is 27. The smallest absolute Gasteiger partial charge is 0.407 e. The van der Waals surface area contributed by atoms with Crippen LogP contribution in [0.2, 0.25) is 19.6 Å². The Hall–Kier alpha value is -9.53. The largest absolute Gasteiger partial charge is 0.492 e. The predicted molar refractivity (Wildman–Crippen MR) is 471 cm³/mol. The number of carbonyl (C=O) groups excluding carboxylic acids is 7. The van der Waals surface area contributed by atoms with Gasteiger partial charge in [-0.3, -0.25) is 4.79 Å². The van der Waals surface area contributed by atoms with Crippen molar-refractivity contribution >= 4 is 121 Å². The summed E-state index contributed by atoms with van der Waals surface area (Å²) in [5, 5.41) is 42.2. The van der Waals surface area contributed by atoms with Crippen molar-refractivity contribution in [3.05, 3.63) is 183 Å². The summed E-state index contributed by atoms with van der Waals surface area (Å²) in [4.78, 5) is 111. The van der Waals surface area contributed by atoms with Crippen molar-refractivity contribution in [3.63, 3.8) is 0 Å². The van der Waals surface area contributed by atoms with E-state index in [1.54, 1.807) is 27.7 Å². The molecular formula is C87H108IN9O20S4Si. The first-order chi connectivity index (χ1) is 58.1. The Morgan fingerprint density at radius 2 is 0.664 bits per heavy atom. The van der Waals surface area contributed by atoms with Gasteiger partial charge in [-0.25, -0.2) is 53.5 Å². The van der Waals surface area contributed by atoms with E-state index in [0.29, 0.717) is 56.8 Å². The quantitative estimate of drug-likeness (QED) is 0.00915. The first-order valence-electron chi connectivity index (χ1n) is 40.8. The van der Waals surface area contributed by atoms with Crippen molar-refractivity contribution in [3.8, 4) is 23.5 Å². The minimum atomic E-state index is -1.00. The number of esters is 2. The molecule has 8 aliphatic rings. The predicted octanol–water partition coefficient (Wildman–Crippen LogP) is 17.0. The topological polar surface area (TPSA) is 406 Å². The number of aliphatic hydroxyl groups is 1. The third kappa shape index (κ3) is 27.2. The first kappa shape index (κ1) is 93.2. The zero-order valence-corrected chi connectivity index (χ0v) is 76.3. The highest BCUT2D eigenvalue weighted by atomic mass is 127. The molecule has 656 valence electrons. The van der Waals surface area contributed by atoms with Crippen molar-refractivity contribution in [2.45, 2.75) is 239 Å². The maximum absolute atomic E-state index is 12.1. The number of primary amides is 1. The molecule has 29 nitrogen and oxygen atoms in total. The summed E-state index contributed by atoms with van der Waals surface area (Å²) in [7, 11) is 0. The standard InChI is InChI=1S/C22H26N2O5S.C20H23N3O4S.C20H22N2O5S.C15H19NO3.C7H9NO3S.C3H9ISi/c1-3-27-20(25)18-19(23-14(2)30-18)29-17-11-22(12-17)9-16(10-22)24-21(26)28-13-15-7-5-4-6-8-15;1-12-22-18(16(28-12)17(21)24)27-15-9-20(10-15)7-14(8-20)23-19(25)26-11-13-5-3-2-4-6-13;1-12-21-17(16(28-12)18(23)24)27-15-9-20(10-15)7-14(8-20)22-19(25)26-11-13-5-3-2-4-6-13;17-13-8-15(9-13)6-12(7-15)16-14(18)19-10-11-4-2-1-3-5-11;1-3-11-7(10)5-6(9)8-4(2)12-5;1-5(2,3)4/h4-8,16-17H,3,9-13H2,1-2H3,(H,24,26);2-6,14-15H,7-11H2,1H3,(H2,21,24)(H,23,25);2-6,14-15H,7-11H2,1H3,(H,22,25)(H,23,24);1-5,12-13,17H,6-10H2,(H,16,18);9H,3H2,1-2H3;1-3H3. The zero-order valence-electron chi connectivity index (χ0n) is 69.9. The van der Waals surface area contributed by atoms with Crippen LogP contribution in [0.5, 0.6) is 23.5 Å². The van der Waals surface area contributed by atoms with Gasteiger partial charge in [-0.2, -0.15) is 0 Å². The summed E-state index contributed by atoms with van der Waals surface area (Å²) in [6.07, 6.45) is 13.1. The number of carbonyl (C=O) groups is 8. The van der Waals surface area contributed by atoms with Crippen LogP contribution in [0.25, 0.3) is 0 Å². The van der Waals surface area contributed by atoms with Crippen molar-refractivity contribution < 1.29 is 96.3 Å². The number of amides is 5. The van der Waals surface area contributed by atoms with Gasteiger partial charge < -0.3 is 85.0 Å². The van der Waals surface area contributed by atoms with Gasteiger partial charge in [0, 0.05) is 24.2 Å². The third-order valence-electron chi connectivity index (χ3n) is 21.9. The number of aromatic nitrogens is 4. The van der Waals surface area contributed by atoms with E-state index in [4.69, 9.17) is 53.5 Å². The van der Waals surface area contributed by atoms with Crippen LogP contribution in [0.1, 0.15) is 198 Å². The van der Waals surface area contributed by atoms with E-state index in [9.17, 15) is 48.6 Å². The molecule has 122 heavy (non-hydrogen) atoms. The molecule has 4 heterocycles. The highest BCUT2D eigenvalue weighted by molar-refractivity contribution is 14.1. The molecule has 4 aromatic carbocycles. The minimum Gasteiger partial charge on any atom is -0.492 e. The number of aryl methyl sites for hydroxylation is 4. The molecule has 8 aromatic rings.